The van der Waals surface area contributed by atoms with Crippen molar-refractivity contribution in [3.05, 3.63) is 90.9 Å². The number of hydrogen-bond acceptors (Lipinski definition) is 3. The van der Waals surface area contributed by atoms with Gasteiger partial charge in [0, 0.05) is 30.0 Å². The molecule has 3 nitrogen and oxygen atoms in total. The zero-order valence-electron chi connectivity index (χ0n) is 21.6. The molecule has 0 aliphatic rings. The highest BCUT2D eigenvalue weighted by atomic mass is 19.1. The average Bonchev–Trinajstić information content (AvgIpc) is 2.90. The van der Waals surface area contributed by atoms with E-state index in [1.807, 2.05) is 12.1 Å². The third-order valence-corrected chi connectivity index (χ3v) is 6.03. The standard InChI is InChI=1S/C32H38FNO2/c1-4-6-10-22-35-25(3)11-8-7-9-12-26-13-15-27(16-14-26)28-17-20-32(34-24-28)30-19-18-29(23-31(30)33)36-21-5-2/h5,9,12-20,23-25H,2,4,6-8,10-11,21-22H2,1,3H3/b12-9+. The second-order valence-corrected chi connectivity index (χ2v) is 9.02. The quantitative estimate of drug-likeness (QED) is 0.158. The van der Waals surface area contributed by atoms with Crippen LogP contribution in [0, 0.1) is 5.82 Å². The smallest absolute Gasteiger partial charge is 0.136 e. The van der Waals surface area contributed by atoms with Gasteiger partial charge in [0.2, 0.25) is 0 Å². The summed E-state index contributed by atoms with van der Waals surface area (Å²) in [5, 5.41) is 0. The lowest BCUT2D eigenvalue weighted by atomic mass is 10.0. The molecule has 0 aliphatic heterocycles. The highest BCUT2D eigenvalue weighted by Crippen LogP contribution is 2.27. The van der Waals surface area contributed by atoms with Crippen molar-refractivity contribution in [1.82, 2.24) is 4.98 Å². The molecule has 190 valence electrons. The second kappa shape index (κ2) is 15.0. The van der Waals surface area contributed by atoms with Crippen LogP contribution < -0.4 is 4.74 Å². The van der Waals surface area contributed by atoms with Gasteiger partial charge in [-0.2, -0.15) is 0 Å². The predicted octanol–water partition coefficient (Wildman–Crippen LogP) is 8.90. The molecule has 1 aromatic heterocycles. The number of hydrogen-bond donors (Lipinski definition) is 0. The molecule has 1 heterocycles. The molecule has 1 unspecified atom stereocenters. The van der Waals surface area contributed by atoms with Crippen LogP contribution in [0.5, 0.6) is 5.75 Å². The largest absolute Gasteiger partial charge is 0.489 e. The fourth-order valence-corrected chi connectivity index (χ4v) is 3.92. The molecule has 0 bridgehead atoms. The van der Waals surface area contributed by atoms with Crippen LogP contribution in [0.2, 0.25) is 0 Å². The van der Waals surface area contributed by atoms with Gasteiger partial charge in [0.25, 0.3) is 0 Å². The Labute approximate surface area is 215 Å². The monoisotopic (exact) mass is 487 g/mol. The zero-order chi connectivity index (χ0) is 25.6. The van der Waals surface area contributed by atoms with Gasteiger partial charge in [-0.25, -0.2) is 4.39 Å². The van der Waals surface area contributed by atoms with E-state index in [0.29, 0.717) is 29.7 Å². The predicted molar refractivity (Wildman–Crippen MR) is 149 cm³/mol. The van der Waals surface area contributed by atoms with Gasteiger partial charge < -0.3 is 9.47 Å². The van der Waals surface area contributed by atoms with Crippen molar-refractivity contribution in [2.75, 3.05) is 13.2 Å². The van der Waals surface area contributed by atoms with Gasteiger partial charge in [-0.05, 0) is 61.9 Å². The molecule has 2 aromatic carbocycles. The Kier molecular flexibility index (Phi) is 11.4. The second-order valence-electron chi connectivity index (χ2n) is 9.02. The normalized spacial score (nSPS) is 12.1. The van der Waals surface area contributed by atoms with Crippen molar-refractivity contribution < 1.29 is 13.9 Å². The lowest BCUT2D eigenvalue weighted by Gasteiger charge is -2.12. The molecule has 0 saturated carbocycles. The van der Waals surface area contributed by atoms with Crippen LogP contribution in [-0.2, 0) is 4.74 Å². The van der Waals surface area contributed by atoms with Crippen LogP contribution in [0.3, 0.4) is 0 Å². The number of ether oxygens (including phenoxy) is 2. The zero-order valence-corrected chi connectivity index (χ0v) is 21.6. The van der Waals surface area contributed by atoms with Crippen molar-refractivity contribution in [3.63, 3.8) is 0 Å². The Balaban J connectivity index is 1.49. The van der Waals surface area contributed by atoms with Gasteiger partial charge in [0.05, 0.1) is 11.8 Å². The Bertz CT molecular complexity index is 1090. The number of pyridine rings is 1. The molecular weight excluding hydrogens is 449 g/mol. The minimum atomic E-state index is -0.359. The van der Waals surface area contributed by atoms with Crippen LogP contribution in [0.1, 0.15) is 57.9 Å². The van der Waals surface area contributed by atoms with E-state index < -0.39 is 0 Å². The lowest BCUT2D eigenvalue weighted by molar-refractivity contribution is 0.0566. The summed E-state index contributed by atoms with van der Waals surface area (Å²) >= 11 is 0. The first kappa shape index (κ1) is 27.3. The van der Waals surface area contributed by atoms with Crippen LogP contribution in [0.25, 0.3) is 28.5 Å². The summed E-state index contributed by atoms with van der Waals surface area (Å²) in [4.78, 5) is 4.49. The molecule has 0 spiro atoms. The molecule has 36 heavy (non-hydrogen) atoms. The van der Waals surface area contributed by atoms with Crippen molar-refractivity contribution in [2.45, 2.75) is 58.5 Å². The molecule has 3 aromatic rings. The van der Waals surface area contributed by atoms with E-state index in [9.17, 15) is 4.39 Å². The summed E-state index contributed by atoms with van der Waals surface area (Å²) in [6.45, 7) is 9.21. The molecule has 3 rings (SSSR count). The molecule has 0 amide bonds. The summed E-state index contributed by atoms with van der Waals surface area (Å²) in [5.74, 6) is 0.116. The maximum atomic E-state index is 14.5. The Morgan fingerprint density at radius 2 is 1.81 bits per heavy atom. The highest BCUT2D eigenvalue weighted by molar-refractivity contribution is 5.68. The molecule has 0 saturated heterocycles. The number of rotatable bonds is 15. The third kappa shape index (κ3) is 8.76. The number of unbranched alkanes of at least 4 members (excludes halogenated alkanes) is 3. The number of aromatic nitrogens is 1. The number of benzene rings is 2. The summed E-state index contributed by atoms with van der Waals surface area (Å²) < 4.78 is 25.8. The van der Waals surface area contributed by atoms with Crippen LogP contribution in [-0.4, -0.2) is 24.3 Å². The van der Waals surface area contributed by atoms with E-state index in [-0.39, 0.29) is 5.82 Å². The average molecular weight is 488 g/mol. The molecule has 0 N–H and O–H groups in total. The first-order chi connectivity index (χ1) is 17.6. The summed E-state index contributed by atoms with van der Waals surface area (Å²) in [5.41, 5.74) is 4.28. The van der Waals surface area contributed by atoms with Crippen molar-refractivity contribution >= 4 is 6.08 Å². The van der Waals surface area contributed by atoms with E-state index in [2.05, 4.69) is 61.8 Å². The Morgan fingerprint density at radius 1 is 1.00 bits per heavy atom. The van der Waals surface area contributed by atoms with Crippen molar-refractivity contribution in [1.29, 1.82) is 0 Å². The summed E-state index contributed by atoms with van der Waals surface area (Å²) in [7, 11) is 0. The SMILES string of the molecule is C=CCOc1ccc(-c2ccc(-c3ccc(/C=C/CCCC(C)OCCCCC)cc3)cn2)c(F)c1. The maximum absolute atomic E-state index is 14.5. The number of nitrogens with zero attached hydrogens (tertiary/aromatic N) is 1. The van der Waals surface area contributed by atoms with Crippen LogP contribution in [0.4, 0.5) is 4.39 Å². The van der Waals surface area contributed by atoms with Crippen LogP contribution in [0.15, 0.2) is 79.5 Å². The van der Waals surface area contributed by atoms with E-state index in [1.165, 1.54) is 24.5 Å². The fraction of sp³-hybridized carbons (Fsp3) is 0.344. The van der Waals surface area contributed by atoms with Crippen molar-refractivity contribution in [3.8, 4) is 28.1 Å². The molecule has 0 aliphatic carbocycles. The molecular formula is C32H38FNO2. The first-order valence-electron chi connectivity index (χ1n) is 13.0. The minimum Gasteiger partial charge on any atom is -0.489 e. The Morgan fingerprint density at radius 3 is 2.50 bits per heavy atom. The topological polar surface area (TPSA) is 31.4 Å². The van der Waals surface area contributed by atoms with Gasteiger partial charge in [-0.1, -0.05) is 74.9 Å². The number of allylic oxidation sites excluding steroid dienone is 1. The first-order valence-corrected chi connectivity index (χ1v) is 13.0. The number of halogens is 1. The third-order valence-electron chi connectivity index (χ3n) is 6.03. The van der Waals surface area contributed by atoms with Crippen molar-refractivity contribution in [2.24, 2.45) is 0 Å². The van der Waals surface area contributed by atoms with E-state index in [4.69, 9.17) is 9.47 Å². The van der Waals surface area contributed by atoms with E-state index in [0.717, 1.165) is 43.4 Å². The lowest BCUT2D eigenvalue weighted by Crippen LogP contribution is -2.08. The minimum absolute atomic E-state index is 0.335. The van der Waals surface area contributed by atoms with Crippen LogP contribution >= 0.6 is 0 Å². The van der Waals surface area contributed by atoms with E-state index in [1.54, 1.807) is 24.4 Å². The molecule has 0 radical (unpaired) electrons. The Hall–Kier alpha value is -3.24. The van der Waals surface area contributed by atoms with Gasteiger partial charge in [-0.3, -0.25) is 4.98 Å². The van der Waals surface area contributed by atoms with Gasteiger partial charge in [-0.15, -0.1) is 0 Å². The molecule has 0 fully saturated rings. The maximum Gasteiger partial charge on any atom is 0.136 e. The highest BCUT2D eigenvalue weighted by Gasteiger charge is 2.09. The summed E-state index contributed by atoms with van der Waals surface area (Å²) in [6, 6.07) is 17.0. The molecule has 4 heteroatoms. The van der Waals surface area contributed by atoms with E-state index >= 15 is 0 Å². The van der Waals surface area contributed by atoms with Gasteiger partial charge in [0.1, 0.15) is 18.2 Å². The van der Waals surface area contributed by atoms with Gasteiger partial charge in [0.15, 0.2) is 0 Å². The molecule has 1 atom stereocenters. The summed E-state index contributed by atoms with van der Waals surface area (Å²) in [6.07, 6.45) is 15.1. The van der Waals surface area contributed by atoms with Gasteiger partial charge >= 0.3 is 0 Å². The fourth-order valence-electron chi connectivity index (χ4n) is 3.92.